The van der Waals surface area contributed by atoms with Gasteiger partial charge in [0.2, 0.25) is 5.91 Å². The van der Waals surface area contributed by atoms with E-state index in [0.717, 1.165) is 27.4 Å². The van der Waals surface area contributed by atoms with Gasteiger partial charge in [-0.15, -0.1) is 22.9 Å². The molecule has 0 aliphatic heterocycles. The Morgan fingerprint density at radius 2 is 1.96 bits per heavy atom. The number of halogens is 1. The predicted octanol–water partition coefficient (Wildman–Crippen LogP) is 5.03. The maximum Gasteiger partial charge on any atom is 0.243 e. The lowest BCUT2D eigenvalue weighted by Crippen LogP contribution is -2.22. The molecule has 0 aliphatic rings. The molecule has 27 heavy (non-hydrogen) atoms. The quantitative estimate of drug-likeness (QED) is 0.590. The Hall–Kier alpha value is -2.37. The van der Waals surface area contributed by atoms with Crippen LogP contribution >= 0.6 is 22.9 Å². The van der Waals surface area contributed by atoms with Gasteiger partial charge in [0.05, 0.1) is 10.6 Å². The highest BCUT2D eigenvalue weighted by Crippen LogP contribution is 2.36. The third kappa shape index (κ3) is 4.49. The van der Waals surface area contributed by atoms with Crippen LogP contribution in [0.15, 0.2) is 48.5 Å². The molecule has 0 bridgehead atoms. The molecule has 3 rings (SSSR count). The summed E-state index contributed by atoms with van der Waals surface area (Å²) in [6.07, 6.45) is 0. The zero-order chi connectivity index (χ0) is 19.4. The molecule has 2 aromatic carbocycles. The molecule has 0 saturated carbocycles. The van der Waals surface area contributed by atoms with Crippen LogP contribution in [0.3, 0.4) is 0 Å². The summed E-state index contributed by atoms with van der Waals surface area (Å²) in [7, 11) is 1.57. The molecular formula is C21H21ClN2O2S. The van der Waals surface area contributed by atoms with Crippen molar-refractivity contribution in [2.75, 3.05) is 7.05 Å². The lowest BCUT2D eigenvalue weighted by molar-refractivity contribution is -0.120. The summed E-state index contributed by atoms with van der Waals surface area (Å²) >= 11 is 7.83. The third-order valence-corrected chi connectivity index (χ3v) is 5.92. The Balaban J connectivity index is 1.93. The molecule has 1 atom stereocenters. The maximum absolute atomic E-state index is 12.1. The van der Waals surface area contributed by atoms with Crippen molar-refractivity contribution in [3.05, 3.63) is 70.2 Å². The number of nitrogens with one attached hydrogen (secondary N) is 1. The number of aryl methyl sites for hydroxylation is 2. The number of carbonyl (C=O) groups is 1. The van der Waals surface area contributed by atoms with Gasteiger partial charge < -0.3 is 10.1 Å². The maximum atomic E-state index is 12.1. The normalized spacial score (nSPS) is 11.9. The number of alkyl halides is 1. The van der Waals surface area contributed by atoms with Gasteiger partial charge in [-0.2, -0.15) is 0 Å². The number of hydrogen-bond donors (Lipinski definition) is 1. The average Bonchev–Trinajstić information content (AvgIpc) is 3.12. The lowest BCUT2D eigenvalue weighted by Gasteiger charge is -2.11. The lowest BCUT2D eigenvalue weighted by atomic mass is 10.1. The molecule has 4 nitrogen and oxygen atoms in total. The van der Waals surface area contributed by atoms with E-state index in [9.17, 15) is 4.79 Å². The molecule has 1 heterocycles. The first kappa shape index (κ1) is 19.4. The summed E-state index contributed by atoms with van der Waals surface area (Å²) in [5.74, 6) is 0.550. The van der Waals surface area contributed by atoms with E-state index < -0.39 is 5.38 Å². The smallest absolute Gasteiger partial charge is 0.243 e. The van der Waals surface area contributed by atoms with Crippen LogP contribution in [0.1, 0.15) is 27.1 Å². The second-order valence-electron chi connectivity index (χ2n) is 6.23. The number of rotatable bonds is 6. The van der Waals surface area contributed by atoms with Crippen molar-refractivity contribution in [3.63, 3.8) is 0 Å². The summed E-state index contributed by atoms with van der Waals surface area (Å²) in [5, 5.41) is 2.61. The van der Waals surface area contributed by atoms with Gasteiger partial charge >= 0.3 is 0 Å². The van der Waals surface area contributed by atoms with Crippen molar-refractivity contribution < 1.29 is 9.53 Å². The molecule has 1 amide bonds. The van der Waals surface area contributed by atoms with E-state index in [1.54, 1.807) is 7.05 Å². The number of benzene rings is 2. The average molecular weight is 401 g/mol. The SMILES string of the molecule is CNC(=O)C(Cl)c1sc(-c2ccccc2)nc1COc1cc(C)ccc1C. The fourth-order valence-corrected chi connectivity index (χ4v) is 4.04. The van der Waals surface area contributed by atoms with Crippen LogP contribution in [0.4, 0.5) is 0 Å². The summed E-state index contributed by atoms with van der Waals surface area (Å²) < 4.78 is 6.01. The Kier molecular flexibility index (Phi) is 6.14. The number of likely N-dealkylation sites (N-methyl/N-ethyl adjacent to an activating group) is 1. The van der Waals surface area contributed by atoms with Gasteiger partial charge in [-0.05, 0) is 31.0 Å². The van der Waals surface area contributed by atoms with Crippen LogP contribution < -0.4 is 10.1 Å². The molecular weight excluding hydrogens is 380 g/mol. The summed E-state index contributed by atoms with van der Waals surface area (Å²) in [5.41, 5.74) is 3.85. The number of nitrogens with zero attached hydrogens (tertiary/aromatic N) is 1. The monoisotopic (exact) mass is 400 g/mol. The molecule has 1 N–H and O–H groups in total. The van der Waals surface area contributed by atoms with Gasteiger partial charge in [-0.3, -0.25) is 4.79 Å². The molecule has 1 unspecified atom stereocenters. The van der Waals surface area contributed by atoms with E-state index in [1.165, 1.54) is 11.3 Å². The third-order valence-electron chi connectivity index (χ3n) is 4.16. The number of carbonyl (C=O) groups excluding carboxylic acids is 1. The fraction of sp³-hybridized carbons (Fsp3) is 0.238. The van der Waals surface area contributed by atoms with Crippen LogP contribution in [0, 0.1) is 13.8 Å². The zero-order valence-corrected chi connectivity index (χ0v) is 17.0. The second-order valence-corrected chi connectivity index (χ2v) is 7.70. The minimum Gasteiger partial charge on any atom is -0.487 e. The number of thiazole rings is 1. The molecule has 140 valence electrons. The zero-order valence-electron chi connectivity index (χ0n) is 15.5. The van der Waals surface area contributed by atoms with Gasteiger partial charge in [-0.25, -0.2) is 4.98 Å². The van der Waals surface area contributed by atoms with Gasteiger partial charge in [0.15, 0.2) is 0 Å². The Morgan fingerprint density at radius 3 is 2.67 bits per heavy atom. The predicted molar refractivity (Wildman–Crippen MR) is 110 cm³/mol. The topological polar surface area (TPSA) is 51.2 Å². The molecule has 6 heteroatoms. The van der Waals surface area contributed by atoms with Crippen LogP contribution in [0.2, 0.25) is 0 Å². The van der Waals surface area contributed by atoms with Crippen LogP contribution in [-0.2, 0) is 11.4 Å². The number of aromatic nitrogens is 1. The number of hydrogen-bond acceptors (Lipinski definition) is 4. The first-order chi connectivity index (χ1) is 13.0. The Labute approximate surface area is 168 Å². The highest BCUT2D eigenvalue weighted by atomic mass is 35.5. The number of ether oxygens (including phenoxy) is 1. The van der Waals surface area contributed by atoms with Crippen molar-refractivity contribution in [2.24, 2.45) is 0 Å². The fourth-order valence-electron chi connectivity index (χ4n) is 2.62. The van der Waals surface area contributed by atoms with Crippen molar-refractivity contribution in [2.45, 2.75) is 25.8 Å². The van der Waals surface area contributed by atoms with Gasteiger partial charge in [0, 0.05) is 12.6 Å². The highest BCUT2D eigenvalue weighted by molar-refractivity contribution is 7.15. The first-order valence-corrected chi connectivity index (χ1v) is 9.85. The van der Waals surface area contributed by atoms with Gasteiger partial charge in [-0.1, -0.05) is 42.5 Å². The summed E-state index contributed by atoms with van der Waals surface area (Å²) in [6, 6.07) is 15.9. The van der Waals surface area contributed by atoms with E-state index >= 15 is 0 Å². The van der Waals surface area contributed by atoms with Crippen molar-refractivity contribution in [1.29, 1.82) is 0 Å². The minimum atomic E-state index is -0.804. The van der Waals surface area contributed by atoms with E-state index in [0.29, 0.717) is 10.6 Å². The van der Waals surface area contributed by atoms with Crippen molar-refractivity contribution >= 4 is 28.8 Å². The van der Waals surface area contributed by atoms with E-state index in [-0.39, 0.29) is 12.5 Å². The molecule has 1 aromatic heterocycles. The van der Waals surface area contributed by atoms with E-state index in [1.807, 2.05) is 62.4 Å². The van der Waals surface area contributed by atoms with Crippen LogP contribution in [0.5, 0.6) is 5.75 Å². The molecule has 0 fully saturated rings. The Morgan fingerprint density at radius 1 is 1.22 bits per heavy atom. The summed E-state index contributed by atoms with van der Waals surface area (Å²) in [6.45, 7) is 4.28. The largest absolute Gasteiger partial charge is 0.487 e. The van der Waals surface area contributed by atoms with Crippen molar-refractivity contribution in [1.82, 2.24) is 10.3 Å². The van der Waals surface area contributed by atoms with Gasteiger partial charge in [0.1, 0.15) is 22.7 Å². The highest BCUT2D eigenvalue weighted by Gasteiger charge is 2.25. The van der Waals surface area contributed by atoms with Crippen molar-refractivity contribution in [3.8, 4) is 16.3 Å². The Bertz CT molecular complexity index is 941. The molecule has 0 spiro atoms. The number of amides is 1. The van der Waals surface area contributed by atoms with Crippen LogP contribution in [-0.4, -0.2) is 17.9 Å². The van der Waals surface area contributed by atoms with E-state index in [2.05, 4.69) is 5.32 Å². The molecule has 3 aromatic rings. The molecule has 0 saturated heterocycles. The molecule has 0 radical (unpaired) electrons. The minimum absolute atomic E-state index is 0.253. The van der Waals surface area contributed by atoms with Gasteiger partial charge in [0.25, 0.3) is 0 Å². The summed E-state index contributed by atoms with van der Waals surface area (Å²) in [4.78, 5) is 17.5. The van der Waals surface area contributed by atoms with Crippen LogP contribution in [0.25, 0.3) is 10.6 Å². The molecule has 0 aliphatic carbocycles. The first-order valence-electron chi connectivity index (χ1n) is 8.60. The van der Waals surface area contributed by atoms with E-state index in [4.69, 9.17) is 21.3 Å². The standard InChI is InChI=1S/C21H21ClN2O2S/c1-13-9-10-14(2)17(11-13)26-12-16-19(18(22)20(25)23-3)27-21(24-16)15-7-5-4-6-8-15/h4-11,18H,12H2,1-3H3,(H,23,25). The second kappa shape index (κ2) is 8.55.